The third kappa shape index (κ3) is 5.17. The summed E-state index contributed by atoms with van der Waals surface area (Å²) in [5.41, 5.74) is 14.8. The van der Waals surface area contributed by atoms with Crippen molar-refractivity contribution in [2.75, 3.05) is 56.8 Å². The molecule has 0 aliphatic carbocycles. The quantitative estimate of drug-likeness (QED) is 0.365. The van der Waals surface area contributed by atoms with Crippen LogP contribution in [0, 0.1) is 11.8 Å². The summed E-state index contributed by atoms with van der Waals surface area (Å²) in [5.74, 6) is -2.35. The van der Waals surface area contributed by atoms with Crippen molar-refractivity contribution < 1.29 is 17.9 Å². The van der Waals surface area contributed by atoms with Crippen LogP contribution in [-0.4, -0.2) is 50.3 Å². The molecule has 2 heterocycles. The number of allylic oxidation sites excluding steroid dienone is 1. The average Bonchev–Trinajstić information content (AvgIpc) is 2.85. The molecule has 1 saturated heterocycles. The lowest BCUT2D eigenvalue weighted by atomic mass is 9.96. The maximum Gasteiger partial charge on any atom is 0.222 e. The second-order valence-electron chi connectivity index (χ2n) is 9.00. The SMILES string of the molecule is CC=C(F)c1cc(-c2cc(-c3ccc(N4CCOCC4)c(CN(C)C)c3)c(F)nc2N)cc(F)c1N. The Balaban J connectivity index is 1.83. The zero-order valence-electron chi connectivity index (χ0n) is 20.6. The van der Waals surface area contributed by atoms with Gasteiger partial charge >= 0.3 is 0 Å². The maximum atomic E-state index is 15.1. The van der Waals surface area contributed by atoms with Gasteiger partial charge in [0.2, 0.25) is 5.95 Å². The molecule has 4 N–H and O–H groups in total. The number of ether oxygens (including phenoxy) is 1. The summed E-state index contributed by atoms with van der Waals surface area (Å²) >= 11 is 0. The number of nitrogens with zero attached hydrogens (tertiary/aromatic N) is 3. The Morgan fingerprint density at radius 2 is 1.78 bits per heavy atom. The van der Waals surface area contributed by atoms with Crippen molar-refractivity contribution in [3.05, 3.63) is 65.4 Å². The van der Waals surface area contributed by atoms with E-state index in [1.54, 1.807) is 0 Å². The number of nitrogens with two attached hydrogens (primary N) is 2. The molecule has 0 unspecified atom stereocenters. The molecular formula is C27H30F3N5O. The lowest BCUT2D eigenvalue weighted by molar-refractivity contribution is 0.122. The summed E-state index contributed by atoms with van der Waals surface area (Å²) < 4.78 is 49.5. The van der Waals surface area contributed by atoms with Crippen LogP contribution in [-0.2, 0) is 11.3 Å². The number of hydrogen-bond acceptors (Lipinski definition) is 6. The Morgan fingerprint density at radius 1 is 1.06 bits per heavy atom. The topological polar surface area (TPSA) is 80.6 Å². The summed E-state index contributed by atoms with van der Waals surface area (Å²) in [6.07, 6.45) is 1.19. The molecule has 9 heteroatoms. The highest BCUT2D eigenvalue weighted by Crippen LogP contribution is 2.37. The zero-order valence-corrected chi connectivity index (χ0v) is 20.6. The van der Waals surface area contributed by atoms with Crippen molar-refractivity contribution in [2.24, 2.45) is 0 Å². The number of rotatable bonds is 6. The fraction of sp³-hybridized carbons (Fsp3) is 0.296. The standard InChI is InChI=1S/C27H30F3N5O/c1-4-22(28)21-12-17(13-23(29)25(21)31)20-14-19(26(30)33-27(20)32)16-5-6-24(18(11-16)15-34(2)3)35-7-9-36-10-8-35/h4-6,11-14H,7-10,15,31H2,1-3H3,(H2,32,33). The lowest BCUT2D eigenvalue weighted by Gasteiger charge is -2.31. The second-order valence-corrected chi connectivity index (χ2v) is 9.00. The summed E-state index contributed by atoms with van der Waals surface area (Å²) in [7, 11) is 3.94. The highest BCUT2D eigenvalue weighted by Gasteiger charge is 2.20. The minimum absolute atomic E-state index is 0.0964. The molecule has 36 heavy (non-hydrogen) atoms. The molecule has 3 aromatic rings. The van der Waals surface area contributed by atoms with Gasteiger partial charge in [0.05, 0.1) is 18.9 Å². The van der Waals surface area contributed by atoms with Crippen molar-refractivity contribution >= 4 is 23.0 Å². The van der Waals surface area contributed by atoms with Crippen LogP contribution in [0.1, 0.15) is 18.1 Å². The van der Waals surface area contributed by atoms with Gasteiger partial charge in [0.1, 0.15) is 17.5 Å². The molecule has 0 atom stereocenters. The van der Waals surface area contributed by atoms with Crippen LogP contribution >= 0.6 is 0 Å². The van der Waals surface area contributed by atoms with Gasteiger partial charge in [0.25, 0.3) is 0 Å². The monoisotopic (exact) mass is 497 g/mol. The molecule has 1 aromatic heterocycles. The van der Waals surface area contributed by atoms with Gasteiger partial charge in [-0.3, -0.25) is 0 Å². The number of nitrogen functional groups attached to an aromatic ring is 2. The summed E-state index contributed by atoms with van der Waals surface area (Å²) in [4.78, 5) is 8.18. The molecular weight excluding hydrogens is 467 g/mol. The number of benzene rings is 2. The number of hydrogen-bond donors (Lipinski definition) is 2. The Bertz CT molecular complexity index is 1300. The van der Waals surface area contributed by atoms with Crippen LogP contribution in [0.4, 0.5) is 30.4 Å². The van der Waals surface area contributed by atoms with E-state index in [0.717, 1.165) is 30.4 Å². The summed E-state index contributed by atoms with van der Waals surface area (Å²) in [5, 5.41) is 0. The largest absolute Gasteiger partial charge is 0.396 e. The van der Waals surface area contributed by atoms with E-state index in [1.165, 1.54) is 25.1 Å². The molecule has 0 bridgehead atoms. The number of pyridine rings is 1. The van der Waals surface area contributed by atoms with E-state index >= 15 is 4.39 Å². The van der Waals surface area contributed by atoms with Gasteiger partial charge < -0.3 is 26.0 Å². The predicted molar refractivity (Wildman–Crippen MR) is 139 cm³/mol. The minimum Gasteiger partial charge on any atom is -0.396 e. The van der Waals surface area contributed by atoms with E-state index in [9.17, 15) is 8.78 Å². The predicted octanol–water partition coefficient (Wildman–Crippen LogP) is 5.09. The molecule has 1 aliphatic rings. The molecule has 0 spiro atoms. The van der Waals surface area contributed by atoms with Gasteiger partial charge in [-0.2, -0.15) is 4.39 Å². The van der Waals surface area contributed by atoms with E-state index in [0.29, 0.717) is 25.3 Å². The first-order chi connectivity index (χ1) is 17.2. The van der Waals surface area contributed by atoms with Gasteiger partial charge in [-0.15, -0.1) is 0 Å². The van der Waals surface area contributed by atoms with E-state index < -0.39 is 17.6 Å². The van der Waals surface area contributed by atoms with Gasteiger partial charge in [0, 0.05) is 42.0 Å². The number of aromatic nitrogens is 1. The van der Waals surface area contributed by atoms with Crippen molar-refractivity contribution in [3.63, 3.8) is 0 Å². The highest BCUT2D eigenvalue weighted by molar-refractivity contribution is 5.84. The van der Waals surface area contributed by atoms with Gasteiger partial charge in [-0.1, -0.05) is 12.1 Å². The van der Waals surface area contributed by atoms with Crippen molar-refractivity contribution in [3.8, 4) is 22.3 Å². The molecule has 2 aromatic carbocycles. The van der Waals surface area contributed by atoms with E-state index in [1.807, 2.05) is 37.2 Å². The molecule has 0 amide bonds. The van der Waals surface area contributed by atoms with Crippen LogP contribution in [0.2, 0.25) is 0 Å². The number of anilines is 3. The minimum atomic E-state index is -0.798. The Morgan fingerprint density at radius 3 is 2.44 bits per heavy atom. The summed E-state index contributed by atoms with van der Waals surface area (Å²) in [6.45, 7) is 4.97. The second kappa shape index (κ2) is 10.6. The van der Waals surface area contributed by atoms with Gasteiger partial charge in [-0.05, 0) is 68.0 Å². The highest BCUT2D eigenvalue weighted by atomic mass is 19.1. The van der Waals surface area contributed by atoms with E-state index in [-0.39, 0.29) is 33.8 Å². The number of morpholine rings is 1. The van der Waals surface area contributed by atoms with Crippen molar-refractivity contribution in [2.45, 2.75) is 13.5 Å². The average molecular weight is 498 g/mol. The Kier molecular flexibility index (Phi) is 7.51. The molecule has 1 fully saturated rings. The van der Waals surface area contributed by atoms with Crippen LogP contribution in [0.5, 0.6) is 0 Å². The first kappa shape index (κ1) is 25.5. The fourth-order valence-corrected chi connectivity index (χ4v) is 4.40. The van der Waals surface area contributed by atoms with Crippen molar-refractivity contribution in [1.29, 1.82) is 0 Å². The Hall–Kier alpha value is -3.56. The van der Waals surface area contributed by atoms with Crippen molar-refractivity contribution in [1.82, 2.24) is 9.88 Å². The molecule has 1 aliphatic heterocycles. The van der Waals surface area contributed by atoms with E-state index in [2.05, 4.69) is 9.88 Å². The normalized spacial score (nSPS) is 14.5. The molecule has 6 nitrogen and oxygen atoms in total. The van der Waals surface area contributed by atoms with E-state index in [4.69, 9.17) is 16.2 Å². The lowest BCUT2D eigenvalue weighted by Crippen LogP contribution is -2.37. The first-order valence-corrected chi connectivity index (χ1v) is 11.7. The summed E-state index contributed by atoms with van der Waals surface area (Å²) in [6, 6.07) is 9.79. The molecule has 190 valence electrons. The third-order valence-electron chi connectivity index (χ3n) is 6.19. The maximum absolute atomic E-state index is 15.1. The Labute approximate surface area is 209 Å². The van der Waals surface area contributed by atoms with Crippen LogP contribution in [0.25, 0.3) is 28.1 Å². The third-order valence-corrected chi connectivity index (χ3v) is 6.19. The van der Waals surface area contributed by atoms with Crippen LogP contribution < -0.4 is 16.4 Å². The smallest absolute Gasteiger partial charge is 0.222 e. The number of halogens is 3. The molecule has 0 radical (unpaired) electrons. The zero-order chi connectivity index (χ0) is 26.0. The van der Waals surface area contributed by atoms with Gasteiger partial charge in [-0.25, -0.2) is 13.8 Å². The molecule has 0 saturated carbocycles. The van der Waals surface area contributed by atoms with Gasteiger partial charge in [0.15, 0.2) is 0 Å². The molecule has 4 rings (SSSR count). The first-order valence-electron chi connectivity index (χ1n) is 11.7. The van der Waals surface area contributed by atoms with Crippen LogP contribution in [0.15, 0.2) is 42.5 Å². The fourth-order valence-electron chi connectivity index (χ4n) is 4.40. The van der Waals surface area contributed by atoms with Crippen LogP contribution in [0.3, 0.4) is 0 Å².